The van der Waals surface area contributed by atoms with Crippen molar-refractivity contribution < 1.29 is 0 Å². The fourth-order valence-corrected chi connectivity index (χ4v) is 7.29. The molecule has 0 unspecified atom stereocenters. The summed E-state index contributed by atoms with van der Waals surface area (Å²) < 4.78 is 0. The van der Waals surface area contributed by atoms with E-state index >= 15 is 0 Å². The zero-order valence-corrected chi connectivity index (χ0v) is 31.6. The van der Waals surface area contributed by atoms with Crippen LogP contribution in [0.3, 0.4) is 0 Å². The van der Waals surface area contributed by atoms with Crippen molar-refractivity contribution in [1.82, 2.24) is 9.97 Å². The molecule has 0 atom stereocenters. The van der Waals surface area contributed by atoms with Crippen molar-refractivity contribution in [3.05, 3.63) is 193 Å². The second kappa shape index (κ2) is 14.6. The molecule has 0 bridgehead atoms. The van der Waals surface area contributed by atoms with Gasteiger partial charge in [0.25, 0.3) is 0 Å². The Kier molecular flexibility index (Phi) is 9.36. The maximum atomic E-state index is 5.31. The van der Waals surface area contributed by atoms with Gasteiger partial charge in [-0.3, -0.25) is 0 Å². The van der Waals surface area contributed by atoms with E-state index in [-0.39, 0.29) is 5.41 Å². The van der Waals surface area contributed by atoms with Crippen molar-refractivity contribution in [2.45, 2.75) is 40.0 Å². The van der Waals surface area contributed by atoms with Crippen molar-refractivity contribution in [2.24, 2.45) is 0 Å². The van der Waals surface area contributed by atoms with Gasteiger partial charge in [-0.25, -0.2) is 9.97 Å². The summed E-state index contributed by atoms with van der Waals surface area (Å²) in [6.45, 7) is 11.1. The highest BCUT2D eigenvalue weighted by Crippen LogP contribution is 2.39. The topological polar surface area (TPSA) is 25.8 Å². The Bertz CT molecular complexity index is 2500. The summed E-state index contributed by atoms with van der Waals surface area (Å²) in [5, 5.41) is 0. The minimum Gasteiger partial charge on any atom is -0.228 e. The van der Waals surface area contributed by atoms with E-state index in [1.54, 1.807) is 0 Å². The Morgan fingerprint density at radius 3 is 1.48 bits per heavy atom. The maximum Gasteiger partial charge on any atom is 0.160 e. The number of benzene rings is 7. The highest BCUT2D eigenvalue weighted by Gasteiger charge is 2.17. The lowest BCUT2D eigenvalue weighted by atomic mass is 9.86. The average molecular weight is 697 g/mol. The van der Waals surface area contributed by atoms with Gasteiger partial charge in [-0.05, 0) is 93.6 Å². The first-order valence-corrected chi connectivity index (χ1v) is 18.7. The molecule has 8 aromatic rings. The van der Waals surface area contributed by atoms with Crippen LogP contribution in [0.15, 0.2) is 176 Å². The molecule has 0 fully saturated rings. The molecule has 0 spiro atoms. The maximum absolute atomic E-state index is 5.31. The molecular weight excluding hydrogens is 653 g/mol. The fourth-order valence-electron chi connectivity index (χ4n) is 7.29. The second-order valence-electron chi connectivity index (χ2n) is 15.3. The van der Waals surface area contributed by atoms with E-state index in [0.29, 0.717) is 5.82 Å². The molecule has 1 aromatic heterocycles. The molecular formula is C52H44N2. The predicted octanol–water partition coefficient (Wildman–Crippen LogP) is 14.1. The summed E-state index contributed by atoms with van der Waals surface area (Å²) in [4.78, 5) is 10.4. The highest BCUT2D eigenvalue weighted by atomic mass is 14.9. The van der Waals surface area contributed by atoms with Gasteiger partial charge in [-0.15, -0.1) is 0 Å². The van der Waals surface area contributed by atoms with Gasteiger partial charge in [0.2, 0.25) is 0 Å². The van der Waals surface area contributed by atoms with Gasteiger partial charge in [-0.2, -0.15) is 0 Å². The lowest BCUT2D eigenvalue weighted by Crippen LogP contribution is -2.10. The van der Waals surface area contributed by atoms with Gasteiger partial charge in [0.05, 0.1) is 11.4 Å². The van der Waals surface area contributed by atoms with E-state index < -0.39 is 0 Å². The smallest absolute Gasteiger partial charge is 0.160 e. The Balaban J connectivity index is 1.32. The third kappa shape index (κ3) is 7.42. The first-order chi connectivity index (χ1) is 26.2. The lowest BCUT2D eigenvalue weighted by Gasteiger charge is -2.19. The normalized spacial score (nSPS) is 11.4. The number of aromatic nitrogens is 2. The van der Waals surface area contributed by atoms with E-state index in [1.807, 2.05) is 24.3 Å². The van der Waals surface area contributed by atoms with Crippen LogP contribution >= 0.6 is 0 Å². The van der Waals surface area contributed by atoms with Crippen LogP contribution in [0.1, 0.15) is 37.5 Å². The summed E-state index contributed by atoms with van der Waals surface area (Å²) >= 11 is 0. The standard InChI is InChI=1S/C52H44N2/c1-35-28-36(2)30-45(29-35)42-20-12-19-41(31-42)43-24-27-47(44-21-13-18-40(32-44)37-22-25-46(26-23-37)52(3,4)5)48(33-43)50-34-49(38-14-8-6-9-15-38)53-51(54-50)39-16-10-7-11-17-39/h6-34H,1-5H3. The van der Waals surface area contributed by atoms with Gasteiger partial charge < -0.3 is 0 Å². The molecule has 54 heavy (non-hydrogen) atoms. The summed E-state index contributed by atoms with van der Waals surface area (Å²) in [5.41, 5.74) is 18.2. The molecule has 8 rings (SSSR count). The zero-order chi connectivity index (χ0) is 37.2. The average Bonchev–Trinajstić information content (AvgIpc) is 3.20. The third-order valence-corrected chi connectivity index (χ3v) is 10.1. The van der Waals surface area contributed by atoms with Crippen molar-refractivity contribution in [3.63, 3.8) is 0 Å². The van der Waals surface area contributed by atoms with Crippen LogP contribution in [-0.4, -0.2) is 9.97 Å². The van der Waals surface area contributed by atoms with E-state index in [2.05, 4.69) is 186 Å². The van der Waals surface area contributed by atoms with Crippen LogP contribution in [0.25, 0.3) is 78.4 Å². The first kappa shape index (κ1) is 34.7. The number of hydrogen-bond donors (Lipinski definition) is 0. The van der Waals surface area contributed by atoms with Gasteiger partial charge in [0.1, 0.15) is 0 Å². The number of rotatable bonds is 7. The Morgan fingerprint density at radius 1 is 0.333 bits per heavy atom. The lowest BCUT2D eigenvalue weighted by molar-refractivity contribution is 0.590. The summed E-state index contributed by atoms with van der Waals surface area (Å²) in [6, 6.07) is 63.2. The van der Waals surface area contributed by atoms with Gasteiger partial charge >= 0.3 is 0 Å². The molecule has 7 aromatic carbocycles. The molecule has 0 N–H and O–H groups in total. The van der Waals surface area contributed by atoms with Crippen LogP contribution < -0.4 is 0 Å². The van der Waals surface area contributed by atoms with Crippen LogP contribution in [0.5, 0.6) is 0 Å². The predicted molar refractivity (Wildman–Crippen MR) is 228 cm³/mol. The first-order valence-electron chi connectivity index (χ1n) is 18.7. The third-order valence-electron chi connectivity index (χ3n) is 10.1. The Hall–Kier alpha value is -6.38. The van der Waals surface area contributed by atoms with Crippen LogP contribution in [0.2, 0.25) is 0 Å². The van der Waals surface area contributed by atoms with Crippen LogP contribution in [-0.2, 0) is 5.41 Å². The molecule has 1 heterocycles. The van der Waals surface area contributed by atoms with Crippen molar-refractivity contribution in [2.75, 3.05) is 0 Å². The molecule has 0 aliphatic rings. The van der Waals surface area contributed by atoms with E-state index in [1.165, 1.54) is 38.9 Å². The van der Waals surface area contributed by atoms with Gasteiger partial charge in [-0.1, -0.05) is 184 Å². The van der Waals surface area contributed by atoms with Crippen LogP contribution in [0, 0.1) is 13.8 Å². The number of hydrogen-bond acceptors (Lipinski definition) is 2. The van der Waals surface area contributed by atoms with Crippen molar-refractivity contribution in [1.29, 1.82) is 0 Å². The molecule has 0 amide bonds. The summed E-state index contributed by atoms with van der Waals surface area (Å²) in [6.07, 6.45) is 0. The van der Waals surface area contributed by atoms with Gasteiger partial charge in [0, 0.05) is 16.7 Å². The fraction of sp³-hybridized carbons (Fsp3) is 0.115. The molecule has 0 saturated carbocycles. The van der Waals surface area contributed by atoms with Crippen LogP contribution in [0.4, 0.5) is 0 Å². The molecule has 0 aliphatic carbocycles. The van der Waals surface area contributed by atoms with E-state index in [4.69, 9.17) is 9.97 Å². The quantitative estimate of drug-likeness (QED) is 0.166. The monoisotopic (exact) mass is 696 g/mol. The SMILES string of the molecule is Cc1cc(C)cc(-c2cccc(-c3ccc(-c4cccc(-c5ccc(C(C)(C)C)cc5)c4)c(-c4cc(-c5ccccc5)nc(-c5ccccc5)n4)c3)c2)c1. The molecule has 2 heteroatoms. The molecule has 2 nitrogen and oxygen atoms in total. The molecule has 0 aliphatic heterocycles. The largest absolute Gasteiger partial charge is 0.228 e. The minimum absolute atomic E-state index is 0.101. The molecule has 262 valence electrons. The molecule has 0 saturated heterocycles. The highest BCUT2D eigenvalue weighted by molar-refractivity contribution is 5.89. The minimum atomic E-state index is 0.101. The van der Waals surface area contributed by atoms with Gasteiger partial charge in [0.15, 0.2) is 5.82 Å². The zero-order valence-electron chi connectivity index (χ0n) is 31.6. The van der Waals surface area contributed by atoms with E-state index in [9.17, 15) is 0 Å². The van der Waals surface area contributed by atoms with Crippen molar-refractivity contribution in [3.8, 4) is 78.4 Å². The van der Waals surface area contributed by atoms with Crippen molar-refractivity contribution >= 4 is 0 Å². The number of aryl methyl sites for hydroxylation is 2. The second-order valence-corrected chi connectivity index (χ2v) is 15.3. The van der Waals surface area contributed by atoms with E-state index in [0.717, 1.165) is 50.3 Å². The molecule has 0 radical (unpaired) electrons. The summed E-state index contributed by atoms with van der Waals surface area (Å²) in [5.74, 6) is 0.702. The summed E-state index contributed by atoms with van der Waals surface area (Å²) in [7, 11) is 0. The Labute approximate surface area is 319 Å². The number of nitrogens with zero attached hydrogens (tertiary/aromatic N) is 2. The Morgan fingerprint density at radius 2 is 0.833 bits per heavy atom.